The van der Waals surface area contributed by atoms with E-state index in [4.69, 9.17) is 4.52 Å². The van der Waals surface area contributed by atoms with Gasteiger partial charge in [-0.1, -0.05) is 36.7 Å². The zero-order valence-electron chi connectivity index (χ0n) is 12.8. The van der Waals surface area contributed by atoms with Crippen LogP contribution in [-0.4, -0.2) is 18.6 Å². The van der Waals surface area contributed by atoms with E-state index in [-0.39, 0.29) is 11.6 Å². The molecule has 1 aromatic carbocycles. The van der Waals surface area contributed by atoms with Crippen LogP contribution in [-0.2, 0) is 22.0 Å². The Morgan fingerprint density at radius 1 is 1.24 bits per heavy atom. The fraction of sp³-hybridized carbons (Fsp3) is 0.467. The SMILES string of the molecule is Cc1ccc(S(=O)(=O)Cc2noc(CC(C)C)n2)c(C)c1. The fourth-order valence-corrected chi connectivity index (χ4v) is 3.61. The van der Waals surface area contributed by atoms with E-state index < -0.39 is 9.84 Å². The lowest BCUT2D eigenvalue weighted by Crippen LogP contribution is -2.08. The van der Waals surface area contributed by atoms with Crippen LogP contribution in [0.1, 0.15) is 36.7 Å². The minimum absolute atomic E-state index is 0.214. The number of aromatic nitrogens is 2. The predicted octanol–water partition coefficient (Wildman–Crippen LogP) is 2.86. The monoisotopic (exact) mass is 308 g/mol. The summed E-state index contributed by atoms with van der Waals surface area (Å²) in [7, 11) is -3.46. The summed E-state index contributed by atoms with van der Waals surface area (Å²) in [4.78, 5) is 4.47. The van der Waals surface area contributed by atoms with Crippen molar-refractivity contribution in [1.29, 1.82) is 0 Å². The summed E-state index contributed by atoms with van der Waals surface area (Å²) in [5.74, 6) is 0.842. The molecule has 0 N–H and O–H groups in total. The summed E-state index contributed by atoms with van der Waals surface area (Å²) >= 11 is 0. The van der Waals surface area contributed by atoms with Crippen LogP contribution in [0.15, 0.2) is 27.6 Å². The van der Waals surface area contributed by atoms with Gasteiger partial charge < -0.3 is 4.52 Å². The molecule has 114 valence electrons. The highest BCUT2D eigenvalue weighted by Crippen LogP contribution is 2.20. The molecule has 0 saturated heterocycles. The van der Waals surface area contributed by atoms with Crippen LogP contribution >= 0.6 is 0 Å². The Hall–Kier alpha value is -1.69. The molecule has 1 aromatic heterocycles. The number of aryl methyl sites for hydroxylation is 2. The molecule has 0 fully saturated rings. The van der Waals surface area contributed by atoms with Crippen LogP contribution in [0, 0.1) is 19.8 Å². The molecule has 6 heteroatoms. The molecule has 0 radical (unpaired) electrons. The van der Waals surface area contributed by atoms with E-state index >= 15 is 0 Å². The van der Waals surface area contributed by atoms with Gasteiger partial charge in [-0.2, -0.15) is 4.98 Å². The van der Waals surface area contributed by atoms with E-state index in [1.165, 1.54) is 0 Å². The average molecular weight is 308 g/mol. The molecule has 0 bridgehead atoms. The predicted molar refractivity (Wildman–Crippen MR) is 79.6 cm³/mol. The summed E-state index contributed by atoms with van der Waals surface area (Å²) in [6.45, 7) is 7.80. The van der Waals surface area contributed by atoms with Gasteiger partial charge >= 0.3 is 0 Å². The second kappa shape index (κ2) is 5.97. The van der Waals surface area contributed by atoms with Crippen LogP contribution in [0.2, 0.25) is 0 Å². The Morgan fingerprint density at radius 2 is 1.95 bits per heavy atom. The summed E-state index contributed by atoms with van der Waals surface area (Å²) < 4.78 is 30.0. The highest BCUT2D eigenvalue weighted by molar-refractivity contribution is 7.90. The van der Waals surface area contributed by atoms with E-state index in [0.29, 0.717) is 23.1 Å². The van der Waals surface area contributed by atoms with Gasteiger partial charge in [0.15, 0.2) is 15.7 Å². The van der Waals surface area contributed by atoms with Gasteiger partial charge in [0.2, 0.25) is 5.89 Å². The van der Waals surface area contributed by atoms with Gasteiger partial charge in [-0.3, -0.25) is 0 Å². The number of nitrogens with zero attached hydrogens (tertiary/aromatic N) is 2. The van der Waals surface area contributed by atoms with Crippen molar-refractivity contribution in [3.8, 4) is 0 Å². The Kier molecular flexibility index (Phi) is 4.46. The zero-order valence-corrected chi connectivity index (χ0v) is 13.6. The molecule has 0 aliphatic rings. The first kappa shape index (κ1) is 15.7. The number of benzene rings is 1. The van der Waals surface area contributed by atoms with Crippen molar-refractivity contribution >= 4 is 9.84 Å². The maximum absolute atomic E-state index is 12.4. The quantitative estimate of drug-likeness (QED) is 0.849. The third-order valence-corrected chi connectivity index (χ3v) is 4.84. The first-order valence-corrected chi connectivity index (χ1v) is 8.54. The van der Waals surface area contributed by atoms with E-state index in [9.17, 15) is 8.42 Å². The molecule has 0 atom stereocenters. The molecule has 0 saturated carbocycles. The highest BCUT2D eigenvalue weighted by Gasteiger charge is 2.21. The zero-order chi connectivity index (χ0) is 15.6. The van der Waals surface area contributed by atoms with Crippen LogP contribution in [0.4, 0.5) is 0 Å². The maximum atomic E-state index is 12.4. The summed E-state index contributed by atoms with van der Waals surface area (Å²) in [6.07, 6.45) is 0.649. The van der Waals surface area contributed by atoms with Gasteiger partial charge in [0, 0.05) is 6.42 Å². The Labute approximate surface area is 125 Å². The van der Waals surface area contributed by atoms with Crippen molar-refractivity contribution in [2.75, 3.05) is 0 Å². The topological polar surface area (TPSA) is 73.1 Å². The van der Waals surface area contributed by atoms with Crippen LogP contribution < -0.4 is 0 Å². The Balaban J connectivity index is 2.23. The molecule has 21 heavy (non-hydrogen) atoms. The van der Waals surface area contributed by atoms with Crippen LogP contribution in [0.25, 0.3) is 0 Å². The van der Waals surface area contributed by atoms with Gasteiger partial charge in [-0.05, 0) is 31.4 Å². The molecular formula is C15H20N2O3S. The minimum Gasteiger partial charge on any atom is -0.339 e. The van der Waals surface area contributed by atoms with Crippen LogP contribution in [0.3, 0.4) is 0 Å². The molecule has 1 heterocycles. The molecule has 0 amide bonds. The number of hydrogen-bond acceptors (Lipinski definition) is 5. The van der Waals surface area contributed by atoms with E-state index in [1.54, 1.807) is 19.1 Å². The standard InChI is InChI=1S/C15H20N2O3S/c1-10(2)7-15-16-14(17-20-15)9-21(18,19)13-6-5-11(3)8-12(13)4/h5-6,8,10H,7,9H2,1-4H3. The third-order valence-electron chi connectivity index (χ3n) is 3.08. The highest BCUT2D eigenvalue weighted by atomic mass is 32.2. The Bertz CT molecular complexity index is 733. The van der Waals surface area contributed by atoms with E-state index in [1.807, 2.05) is 26.8 Å². The van der Waals surface area contributed by atoms with Crippen molar-refractivity contribution in [2.24, 2.45) is 5.92 Å². The number of hydrogen-bond donors (Lipinski definition) is 0. The molecule has 2 aromatic rings. The second-order valence-electron chi connectivity index (χ2n) is 5.73. The third kappa shape index (κ3) is 3.91. The maximum Gasteiger partial charge on any atom is 0.226 e. The molecular weight excluding hydrogens is 288 g/mol. The first-order chi connectivity index (χ1) is 9.78. The van der Waals surface area contributed by atoms with Gasteiger partial charge in [0.25, 0.3) is 0 Å². The lowest BCUT2D eigenvalue weighted by atomic mass is 10.1. The normalized spacial score (nSPS) is 12.0. The molecule has 2 rings (SSSR count). The molecule has 0 aliphatic carbocycles. The van der Waals surface area contributed by atoms with Gasteiger partial charge in [0.1, 0.15) is 5.75 Å². The molecule has 0 unspecified atom stereocenters. The molecule has 0 spiro atoms. The van der Waals surface area contributed by atoms with Gasteiger partial charge in [-0.25, -0.2) is 8.42 Å². The summed E-state index contributed by atoms with van der Waals surface area (Å²) in [5.41, 5.74) is 1.77. The smallest absolute Gasteiger partial charge is 0.226 e. The first-order valence-electron chi connectivity index (χ1n) is 6.89. The van der Waals surface area contributed by atoms with E-state index in [0.717, 1.165) is 11.1 Å². The lowest BCUT2D eigenvalue weighted by Gasteiger charge is -2.06. The van der Waals surface area contributed by atoms with Gasteiger partial charge in [-0.15, -0.1) is 0 Å². The van der Waals surface area contributed by atoms with Crippen molar-refractivity contribution in [2.45, 2.75) is 44.8 Å². The summed E-state index contributed by atoms with van der Waals surface area (Å²) in [6, 6.07) is 5.28. The molecule has 0 aliphatic heterocycles. The van der Waals surface area contributed by atoms with Crippen molar-refractivity contribution in [3.05, 3.63) is 41.0 Å². The lowest BCUT2D eigenvalue weighted by molar-refractivity contribution is 0.359. The average Bonchev–Trinajstić information content (AvgIpc) is 2.73. The van der Waals surface area contributed by atoms with Crippen molar-refractivity contribution < 1.29 is 12.9 Å². The van der Waals surface area contributed by atoms with Crippen molar-refractivity contribution in [1.82, 2.24) is 10.1 Å². The van der Waals surface area contributed by atoms with Crippen LogP contribution in [0.5, 0.6) is 0 Å². The minimum atomic E-state index is -3.46. The number of rotatable bonds is 5. The molecule has 5 nitrogen and oxygen atoms in total. The van der Waals surface area contributed by atoms with Crippen molar-refractivity contribution in [3.63, 3.8) is 0 Å². The Morgan fingerprint density at radius 3 is 2.57 bits per heavy atom. The second-order valence-corrected chi connectivity index (χ2v) is 7.69. The summed E-state index contributed by atoms with van der Waals surface area (Å²) in [5, 5.41) is 3.76. The number of sulfone groups is 1. The largest absolute Gasteiger partial charge is 0.339 e. The van der Waals surface area contributed by atoms with Gasteiger partial charge in [0.05, 0.1) is 4.90 Å². The van der Waals surface area contributed by atoms with E-state index in [2.05, 4.69) is 10.1 Å². The fourth-order valence-electron chi connectivity index (χ4n) is 2.18.